The molecule has 0 saturated heterocycles. The summed E-state index contributed by atoms with van der Waals surface area (Å²) in [6.07, 6.45) is 2.00. The smallest absolute Gasteiger partial charge is 0.258 e. The number of nitro benzene ring substituents is 1. The molecule has 6 nitrogen and oxygen atoms in total. The molecule has 1 N–H and O–H groups in total. The van der Waals surface area contributed by atoms with Gasteiger partial charge in [0.25, 0.3) is 5.69 Å². The second kappa shape index (κ2) is 5.31. The van der Waals surface area contributed by atoms with E-state index in [2.05, 4.69) is 4.72 Å². The predicted octanol–water partition coefficient (Wildman–Crippen LogP) is 2.63. The summed E-state index contributed by atoms with van der Waals surface area (Å²) in [6.45, 7) is 3.27. The normalized spacial score (nSPS) is 16.9. The van der Waals surface area contributed by atoms with Gasteiger partial charge in [-0.15, -0.1) is 0 Å². The van der Waals surface area contributed by atoms with Crippen molar-refractivity contribution in [2.75, 3.05) is 0 Å². The van der Waals surface area contributed by atoms with E-state index >= 15 is 0 Å². The van der Waals surface area contributed by atoms with Gasteiger partial charge in [-0.05, 0) is 38.7 Å². The molecule has 1 aliphatic carbocycles. The predicted molar refractivity (Wildman–Crippen MR) is 75.4 cm³/mol. The summed E-state index contributed by atoms with van der Waals surface area (Å²) in [6, 6.07) is 2.11. The van der Waals surface area contributed by atoms with Crippen molar-refractivity contribution in [1.29, 1.82) is 0 Å². The highest BCUT2D eigenvalue weighted by molar-refractivity contribution is 7.89. The maximum absolute atomic E-state index is 12.2. The van der Waals surface area contributed by atoms with E-state index in [0.29, 0.717) is 5.92 Å². The van der Waals surface area contributed by atoms with Gasteiger partial charge >= 0.3 is 0 Å². The molecule has 0 spiro atoms. The Balaban J connectivity index is 2.38. The second-order valence-corrected chi connectivity index (χ2v) is 7.17. The van der Waals surface area contributed by atoms with E-state index in [9.17, 15) is 18.5 Å². The number of sulfonamides is 1. The number of hydrogen-bond donors (Lipinski definition) is 1. The minimum absolute atomic E-state index is 0.0682. The molecule has 20 heavy (non-hydrogen) atoms. The number of nitrogens with one attached hydrogen (secondary N) is 1. The largest absolute Gasteiger partial charge is 0.275 e. The molecule has 0 heterocycles. The molecule has 8 heteroatoms. The van der Waals surface area contributed by atoms with Gasteiger partial charge in [-0.3, -0.25) is 10.1 Å². The van der Waals surface area contributed by atoms with Gasteiger partial charge < -0.3 is 0 Å². The standard InChI is InChI=1S/C12H15ClN2O4S/c1-7-11(13)5-10(6-12(7)15(16)17)20(18,19)14-8(2)9-3-4-9/h5-6,8-9,14H,3-4H2,1-2H3. The van der Waals surface area contributed by atoms with Crippen LogP contribution in [0.5, 0.6) is 0 Å². The van der Waals surface area contributed by atoms with Crippen LogP contribution in [-0.2, 0) is 10.0 Å². The van der Waals surface area contributed by atoms with Crippen molar-refractivity contribution in [3.63, 3.8) is 0 Å². The van der Waals surface area contributed by atoms with Gasteiger partial charge in [0.05, 0.1) is 14.8 Å². The summed E-state index contributed by atoms with van der Waals surface area (Å²) in [5, 5.41) is 11.0. The number of benzene rings is 1. The first-order valence-electron chi connectivity index (χ1n) is 6.19. The minimum atomic E-state index is -3.80. The third-order valence-electron chi connectivity index (χ3n) is 3.47. The van der Waals surface area contributed by atoms with Crippen LogP contribution >= 0.6 is 11.6 Å². The van der Waals surface area contributed by atoms with Crippen LogP contribution in [0.3, 0.4) is 0 Å². The molecule has 1 saturated carbocycles. The van der Waals surface area contributed by atoms with Gasteiger partial charge in [0.1, 0.15) is 0 Å². The SMILES string of the molecule is Cc1c(Cl)cc(S(=O)(=O)NC(C)C2CC2)cc1[N+](=O)[O-]. The van der Waals surface area contributed by atoms with Crippen molar-refractivity contribution in [2.45, 2.75) is 37.6 Å². The third kappa shape index (κ3) is 3.11. The van der Waals surface area contributed by atoms with Crippen LogP contribution in [0.2, 0.25) is 5.02 Å². The van der Waals surface area contributed by atoms with Gasteiger partial charge in [-0.25, -0.2) is 13.1 Å². The van der Waals surface area contributed by atoms with Crippen LogP contribution in [-0.4, -0.2) is 19.4 Å². The molecule has 110 valence electrons. The Morgan fingerprint density at radius 3 is 2.55 bits per heavy atom. The first kappa shape index (κ1) is 15.2. The molecule has 1 aromatic carbocycles. The molecule has 1 aliphatic rings. The van der Waals surface area contributed by atoms with Crippen LogP contribution in [0.1, 0.15) is 25.3 Å². The number of nitro groups is 1. The third-order valence-corrected chi connectivity index (χ3v) is 5.40. The average molecular weight is 319 g/mol. The van der Waals surface area contributed by atoms with E-state index in [1.807, 2.05) is 0 Å². The molecule has 2 rings (SSSR count). The van der Waals surface area contributed by atoms with E-state index in [4.69, 9.17) is 11.6 Å². The number of halogens is 1. The Labute approximate surface area is 122 Å². The highest BCUT2D eigenvalue weighted by Crippen LogP contribution is 2.34. The van der Waals surface area contributed by atoms with Crippen molar-refractivity contribution >= 4 is 27.3 Å². The van der Waals surface area contributed by atoms with Crippen molar-refractivity contribution in [3.8, 4) is 0 Å². The summed E-state index contributed by atoms with van der Waals surface area (Å²) in [7, 11) is -3.80. The average Bonchev–Trinajstić information content (AvgIpc) is 3.15. The molecule has 0 aliphatic heterocycles. The fourth-order valence-electron chi connectivity index (χ4n) is 1.99. The number of hydrogen-bond acceptors (Lipinski definition) is 4. The second-order valence-electron chi connectivity index (χ2n) is 5.05. The maximum Gasteiger partial charge on any atom is 0.275 e. The van der Waals surface area contributed by atoms with Crippen molar-refractivity contribution < 1.29 is 13.3 Å². The van der Waals surface area contributed by atoms with Crippen molar-refractivity contribution in [3.05, 3.63) is 32.8 Å². The fourth-order valence-corrected chi connectivity index (χ4v) is 3.63. The molecule has 0 bridgehead atoms. The van der Waals surface area contributed by atoms with Crippen LogP contribution in [0.4, 0.5) is 5.69 Å². The minimum Gasteiger partial charge on any atom is -0.258 e. The molecule has 0 aromatic heterocycles. The quantitative estimate of drug-likeness (QED) is 0.667. The van der Waals surface area contributed by atoms with Gasteiger partial charge in [0.2, 0.25) is 10.0 Å². The first-order chi connectivity index (χ1) is 9.22. The Hall–Kier alpha value is -1.18. The fraction of sp³-hybridized carbons (Fsp3) is 0.500. The lowest BCUT2D eigenvalue weighted by Gasteiger charge is -2.14. The Bertz CT molecular complexity index is 656. The van der Waals surface area contributed by atoms with Crippen LogP contribution in [0.25, 0.3) is 0 Å². The molecule has 1 fully saturated rings. The Kier molecular flexibility index (Phi) is 4.04. The van der Waals surface area contributed by atoms with Gasteiger partial charge in [-0.2, -0.15) is 0 Å². The highest BCUT2D eigenvalue weighted by Gasteiger charge is 2.32. The van der Waals surface area contributed by atoms with Crippen LogP contribution in [0.15, 0.2) is 17.0 Å². The van der Waals surface area contributed by atoms with Gasteiger partial charge in [0, 0.05) is 17.7 Å². The first-order valence-corrected chi connectivity index (χ1v) is 8.05. The highest BCUT2D eigenvalue weighted by atomic mass is 35.5. The van der Waals surface area contributed by atoms with Gasteiger partial charge in [-0.1, -0.05) is 11.6 Å². The van der Waals surface area contributed by atoms with Crippen LogP contribution < -0.4 is 4.72 Å². The lowest BCUT2D eigenvalue weighted by atomic mass is 10.2. The zero-order valence-corrected chi connectivity index (χ0v) is 12.7. The lowest BCUT2D eigenvalue weighted by Crippen LogP contribution is -2.34. The van der Waals surface area contributed by atoms with Crippen molar-refractivity contribution in [2.24, 2.45) is 5.92 Å². The molecule has 1 unspecified atom stereocenters. The monoisotopic (exact) mass is 318 g/mol. The number of rotatable bonds is 5. The zero-order chi connectivity index (χ0) is 15.1. The van der Waals surface area contributed by atoms with E-state index in [1.165, 1.54) is 13.0 Å². The van der Waals surface area contributed by atoms with E-state index in [-0.39, 0.29) is 27.2 Å². The number of nitrogens with zero attached hydrogens (tertiary/aromatic N) is 1. The summed E-state index contributed by atoms with van der Waals surface area (Å²) >= 11 is 5.88. The van der Waals surface area contributed by atoms with E-state index in [0.717, 1.165) is 18.9 Å². The lowest BCUT2D eigenvalue weighted by molar-refractivity contribution is -0.385. The van der Waals surface area contributed by atoms with Crippen LogP contribution in [0, 0.1) is 23.0 Å². The van der Waals surface area contributed by atoms with E-state index in [1.54, 1.807) is 6.92 Å². The Morgan fingerprint density at radius 2 is 2.05 bits per heavy atom. The topological polar surface area (TPSA) is 89.3 Å². The molecule has 0 radical (unpaired) electrons. The molecule has 1 atom stereocenters. The molecular weight excluding hydrogens is 304 g/mol. The van der Waals surface area contributed by atoms with Crippen molar-refractivity contribution in [1.82, 2.24) is 4.72 Å². The molecule has 1 aromatic rings. The summed E-state index contributed by atoms with van der Waals surface area (Å²) in [4.78, 5) is 10.1. The summed E-state index contributed by atoms with van der Waals surface area (Å²) in [5.74, 6) is 0.348. The molecular formula is C12H15ClN2O4S. The zero-order valence-electron chi connectivity index (χ0n) is 11.1. The Morgan fingerprint density at radius 1 is 1.45 bits per heavy atom. The summed E-state index contributed by atoms with van der Waals surface area (Å²) < 4.78 is 27.0. The maximum atomic E-state index is 12.2. The van der Waals surface area contributed by atoms with Gasteiger partial charge in [0.15, 0.2) is 0 Å². The summed E-state index contributed by atoms with van der Waals surface area (Å²) in [5.41, 5.74) is -0.0391. The molecule has 0 amide bonds. The van der Waals surface area contributed by atoms with E-state index < -0.39 is 14.9 Å².